The summed E-state index contributed by atoms with van der Waals surface area (Å²) >= 11 is 0. The van der Waals surface area contributed by atoms with Gasteiger partial charge in [0.25, 0.3) is 0 Å². The third-order valence-electron chi connectivity index (χ3n) is 4.11. The SMILES string of the molecule is C=CC1CN2CCC1C[C@H]2CNC(=O)OC(C)(C)C. The van der Waals surface area contributed by atoms with Crippen LogP contribution in [0.15, 0.2) is 12.7 Å². The monoisotopic (exact) mass is 266 g/mol. The molecule has 0 aliphatic carbocycles. The number of nitrogens with zero attached hydrogens (tertiary/aromatic N) is 1. The lowest BCUT2D eigenvalue weighted by molar-refractivity contribution is 0.0147. The summed E-state index contributed by atoms with van der Waals surface area (Å²) in [5.74, 6) is 1.37. The largest absolute Gasteiger partial charge is 0.444 e. The van der Waals surface area contributed by atoms with Crippen molar-refractivity contribution in [1.29, 1.82) is 0 Å². The molecule has 19 heavy (non-hydrogen) atoms. The first kappa shape index (κ1) is 14.4. The minimum Gasteiger partial charge on any atom is -0.444 e. The number of carbonyl (C=O) groups excluding carboxylic acids is 1. The van der Waals surface area contributed by atoms with E-state index in [4.69, 9.17) is 4.74 Å². The van der Waals surface area contributed by atoms with Gasteiger partial charge in [-0.1, -0.05) is 6.08 Å². The van der Waals surface area contributed by atoms with Gasteiger partial charge in [0.15, 0.2) is 0 Å². The summed E-state index contributed by atoms with van der Waals surface area (Å²) in [5.41, 5.74) is -0.427. The molecule has 3 unspecified atom stereocenters. The maximum Gasteiger partial charge on any atom is 0.407 e. The molecule has 0 spiro atoms. The van der Waals surface area contributed by atoms with E-state index in [0.29, 0.717) is 18.5 Å². The third kappa shape index (κ3) is 3.72. The summed E-state index contributed by atoms with van der Waals surface area (Å²) in [5, 5.41) is 2.90. The van der Waals surface area contributed by atoms with E-state index in [1.807, 2.05) is 20.8 Å². The predicted molar refractivity (Wildman–Crippen MR) is 76.0 cm³/mol. The van der Waals surface area contributed by atoms with Crippen LogP contribution in [0.5, 0.6) is 0 Å². The van der Waals surface area contributed by atoms with Gasteiger partial charge in [0.1, 0.15) is 5.60 Å². The second-order valence-electron chi connectivity index (χ2n) is 6.72. The van der Waals surface area contributed by atoms with Crippen LogP contribution < -0.4 is 5.32 Å². The normalized spacial score (nSPS) is 33.8. The molecule has 2 bridgehead atoms. The Hall–Kier alpha value is -1.03. The quantitative estimate of drug-likeness (QED) is 0.798. The van der Waals surface area contributed by atoms with Crippen molar-refractivity contribution in [2.45, 2.75) is 45.3 Å². The van der Waals surface area contributed by atoms with Gasteiger partial charge in [-0.2, -0.15) is 0 Å². The molecule has 3 aliphatic heterocycles. The van der Waals surface area contributed by atoms with Crippen LogP contribution in [0.4, 0.5) is 4.79 Å². The summed E-state index contributed by atoms with van der Waals surface area (Å²) in [7, 11) is 0. The smallest absolute Gasteiger partial charge is 0.407 e. The molecular formula is C15H26N2O2. The lowest BCUT2D eigenvalue weighted by atomic mass is 9.76. The van der Waals surface area contributed by atoms with Crippen molar-refractivity contribution in [1.82, 2.24) is 10.2 Å². The lowest BCUT2D eigenvalue weighted by Gasteiger charge is -2.49. The molecule has 0 aromatic heterocycles. The summed E-state index contributed by atoms with van der Waals surface area (Å²) in [6.45, 7) is 12.5. The van der Waals surface area contributed by atoms with Gasteiger partial charge in [-0.15, -0.1) is 6.58 Å². The Bertz CT molecular complexity index is 349. The lowest BCUT2D eigenvalue weighted by Crippen LogP contribution is -2.56. The number of alkyl carbamates (subject to hydrolysis) is 1. The Morgan fingerprint density at radius 3 is 2.79 bits per heavy atom. The highest BCUT2D eigenvalue weighted by Gasteiger charge is 2.38. The Kier molecular flexibility index (Phi) is 4.19. The molecule has 0 saturated carbocycles. The molecule has 108 valence electrons. The van der Waals surface area contributed by atoms with Gasteiger partial charge in [0, 0.05) is 19.1 Å². The molecule has 4 nitrogen and oxygen atoms in total. The molecule has 3 heterocycles. The van der Waals surface area contributed by atoms with Crippen LogP contribution >= 0.6 is 0 Å². The second-order valence-corrected chi connectivity index (χ2v) is 6.72. The average molecular weight is 266 g/mol. The molecule has 1 N–H and O–H groups in total. The molecule has 0 radical (unpaired) electrons. The maximum atomic E-state index is 11.7. The molecule has 3 aliphatic rings. The van der Waals surface area contributed by atoms with Gasteiger partial charge in [-0.05, 0) is 52.0 Å². The van der Waals surface area contributed by atoms with Gasteiger partial charge in [-0.3, -0.25) is 4.90 Å². The second kappa shape index (κ2) is 5.53. The first-order chi connectivity index (χ1) is 8.89. The maximum absolute atomic E-state index is 11.7. The van der Waals surface area contributed by atoms with Crippen molar-refractivity contribution < 1.29 is 9.53 Å². The molecule has 4 heteroatoms. The van der Waals surface area contributed by atoms with Crippen LogP contribution in [-0.2, 0) is 4.74 Å². The van der Waals surface area contributed by atoms with E-state index in [1.165, 1.54) is 6.42 Å². The highest BCUT2D eigenvalue weighted by atomic mass is 16.6. The molecule has 3 saturated heterocycles. The minimum atomic E-state index is -0.427. The van der Waals surface area contributed by atoms with Crippen molar-refractivity contribution in [3.8, 4) is 0 Å². The Morgan fingerprint density at radius 1 is 1.53 bits per heavy atom. The number of hydrogen-bond acceptors (Lipinski definition) is 3. The number of hydrogen-bond donors (Lipinski definition) is 1. The average Bonchev–Trinajstić information content (AvgIpc) is 2.35. The zero-order valence-electron chi connectivity index (χ0n) is 12.3. The minimum absolute atomic E-state index is 0.310. The first-order valence-electron chi connectivity index (χ1n) is 7.22. The van der Waals surface area contributed by atoms with E-state index < -0.39 is 5.60 Å². The van der Waals surface area contributed by atoms with Crippen LogP contribution in [-0.4, -0.2) is 42.3 Å². The molecule has 0 aromatic carbocycles. The molecular weight excluding hydrogens is 240 g/mol. The summed E-state index contributed by atoms with van der Waals surface area (Å²) in [6.07, 6.45) is 4.20. The van der Waals surface area contributed by atoms with E-state index in [0.717, 1.165) is 25.4 Å². The summed E-state index contributed by atoms with van der Waals surface area (Å²) < 4.78 is 5.27. The van der Waals surface area contributed by atoms with Crippen molar-refractivity contribution >= 4 is 6.09 Å². The zero-order valence-corrected chi connectivity index (χ0v) is 12.3. The molecule has 3 fully saturated rings. The Labute approximate surface area is 116 Å². The number of rotatable bonds is 3. The number of ether oxygens (including phenoxy) is 1. The van der Waals surface area contributed by atoms with Crippen LogP contribution in [0.25, 0.3) is 0 Å². The number of amides is 1. The van der Waals surface area contributed by atoms with Crippen LogP contribution in [0, 0.1) is 11.8 Å². The van der Waals surface area contributed by atoms with Gasteiger partial charge in [-0.25, -0.2) is 4.79 Å². The summed E-state index contributed by atoms with van der Waals surface area (Å²) in [4.78, 5) is 14.1. The number of carbonyl (C=O) groups is 1. The highest BCUT2D eigenvalue weighted by molar-refractivity contribution is 5.67. The Balaban J connectivity index is 1.79. The van der Waals surface area contributed by atoms with Gasteiger partial charge >= 0.3 is 6.09 Å². The molecule has 3 rings (SSSR count). The fourth-order valence-electron chi connectivity index (χ4n) is 3.17. The van der Waals surface area contributed by atoms with Crippen LogP contribution in [0.1, 0.15) is 33.6 Å². The fourth-order valence-corrected chi connectivity index (χ4v) is 3.17. The standard InChI is InChI=1S/C15H26N2O2/c1-5-11-10-17-7-6-12(11)8-13(17)9-16-14(18)19-15(2,3)4/h5,11-13H,1,6-10H2,2-4H3,(H,16,18)/t11?,12?,13-/m0/s1. The number of nitrogens with one attached hydrogen (secondary N) is 1. The topological polar surface area (TPSA) is 41.6 Å². The zero-order chi connectivity index (χ0) is 14.0. The van der Waals surface area contributed by atoms with E-state index in [1.54, 1.807) is 0 Å². The molecule has 4 atom stereocenters. The molecule has 0 aromatic rings. The van der Waals surface area contributed by atoms with Crippen molar-refractivity contribution in [3.05, 3.63) is 12.7 Å². The van der Waals surface area contributed by atoms with Crippen LogP contribution in [0.3, 0.4) is 0 Å². The van der Waals surface area contributed by atoms with Crippen LogP contribution in [0.2, 0.25) is 0 Å². The van der Waals surface area contributed by atoms with Gasteiger partial charge in [0.05, 0.1) is 0 Å². The first-order valence-corrected chi connectivity index (χ1v) is 7.22. The van der Waals surface area contributed by atoms with Gasteiger partial charge < -0.3 is 10.1 Å². The Morgan fingerprint density at radius 2 is 2.26 bits per heavy atom. The fraction of sp³-hybridized carbons (Fsp3) is 0.800. The highest BCUT2D eigenvalue weighted by Crippen LogP contribution is 2.36. The van der Waals surface area contributed by atoms with E-state index in [-0.39, 0.29) is 6.09 Å². The van der Waals surface area contributed by atoms with Gasteiger partial charge in [0.2, 0.25) is 0 Å². The van der Waals surface area contributed by atoms with E-state index >= 15 is 0 Å². The predicted octanol–water partition coefficient (Wildman–Crippen LogP) is 2.41. The number of fused-ring (bicyclic) bond motifs is 3. The van der Waals surface area contributed by atoms with Crippen molar-refractivity contribution in [2.75, 3.05) is 19.6 Å². The van der Waals surface area contributed by atoms with E-state index in [9.17, 15) is 4.79 Å². The van der Waals surface area contributed by atoms with Crippen molar-refractivity contribution in [2.24, 2.45) is 11.8 Å². The molecule has 1 amide bonds. The third-order valence-corrected chi connectivity index (χ3v) is 4.11. The van der Waals surface area contributed by atoms with E-state index in [2.05, 4.69) is 22.9 Å². The van der Waals surface area contributed by atoms with Crippen molar-refractivity contribution in [3.63, 3.8) is 0 Å². The number of piperidine rings is 3. The summed E-state index contributed by atoms with van der Waals surface area (Å²) in [6, 6.07) is 0.461.